The van der Waals surface area contributed by atoms with Crippen LogP contribution >= 0.6 is 0 Å². The topological polar surface area (TPSA) is 48.5 Å². The monoisotopic (exact) mass is 395 g/mol. The van der Waals surface area contributed by atoms with Crippen molar-refractivity contribution in [1.29, 1.82) is 0 Å². The number of rotatable bonds is 6. The van der Waals surface area contributed by atoms with Gasteiger partial charge in [0.1, 0.15) is 11.5 Å². The van der Waals surface area contributed by atoms with E-state index in [0.29, 0.717) is 18.0 Å². The molecule has 0 bridgehead atoms. The van der Waals surface area contributed by atoms with E-state index in [-0.39, 0.29) is 5.91 Å². The molecule has 150 valence electrons. The Kier molecular flexibility index (Phi) is 5.75. The lowest BCUT2D eigenvalue weighted by Crippen LogP contribution is -2.25. The van der Waals surface area contributed by atoms with Gasteiger partial charge in [-0.05, 0) is 55.2 Å². The van der Waals surface area contributed by atoms with Crippen LogP contribution in [0.3, 0.4) is 0 Å². The number of aromatic amines is 1. The van der Waals surface area contributed by atoms with E-state index in [0.717, 1.165) is 23.4 Å². The third-order valence-corrected chi connectivity index (χ3v) is 5.23. The highest BCUT2D eigenvalue weighted by molar-refractivity contribution is 6.41. The zero-order chi connectivity index (χ0) is 20.9. The molecule has 4 nitrogen and oxygen atoms in total. The van der Waals surface area contributed by atoms with Crippen molar-refractivity contribution in [3.05, 3.63) is 113 Å². The van der Waals surface area contributed by atoms with Crippen LogP contribution in [-0.4, -0.2) is 21.5 Å². The Hall–Kier alpha value is -3.66. The molecule has 3 aromatic rings. The number of hydrogen-bond donors (Lipinski definition) is 1. The summed E-state index contributed by atoms with van der Waals surface area (Å²) < 4.78 is 0. The van der Waals surface area contributed by atoms with Gasteiger partial charge in [-0.25, -0.2) is 4.99 Å². The van der Waals surface area contributed by atoms with E-state index < -0.39 is 0 Å². The molecule has 0 saturated heterocycles. The second-order valence-corrected chi connectivity index (χ2v) is 7.49. The lowest BCUT2D eigenvalue weighted by Gasteiger charge is -2.11. The number of amides is 1. The number of hydrogen-bond acceptors (Lipinski definition) is 2. The first-order valence-corrected chi connectivity index (χ1v) is 10.1. The van der Waals surface area contributed by atoms with E-state index in [1.807, 2.05) is 73.8 Å². The van der Waals surface area contributed by atoms with Gasteiger partial charge in [-0.2, -0.15) is 0 Å². The molecule has 1 aliphatic heterocycles. The average molecular weight is 396 g/mol. The van der Waals surface area contributed by atoms with Crippen molar-refractivity contribution in [1.82, 2.24) is 9.88 Å². The summed E-state index contributed by atoms with van der Waals surface area (Å²) in [6.07, 6.45) is 6.98. The summed E-state index contributed by atoms with van der Waals surface area (Å²) in [4.78, 5) is 22.8. The molecular weight excluding hydrogens is 370 g/mol. The predicted molar refractivity (Wildman–Crippen MR) is 122 cm³/mol. The summed E-state index contributed by atoms with van der Waals surface area (Å²) in [7, 11) is 0. The number of aryl methyl sites for hydroxylation is 2. The summed E-state index contributed by atoms with van der Waals surface area (Å²) in [5, 5.41) is 0. The first-order valence-electron chi connectivity index (χ1n) is 10.1. The molecular formula is C26H25N3O. The Morgan fingerprint density at radius 3 is 2.37 bits per heavy atom. The second kappa shape index (κ2) is 8.78. The van der Waals surface area contributed by atoms with Gasteiger partial charge >= 0.3 is 0 Å². The van der Waals surface area contributed by atoms with Gasteiger partial charge in [0.05, 0.1) is 0 Å². The van der Waals surface area contributed by atoms with Gasteiger partial charge in [-0.3, -0.25) is 9.69 Å². The molecule has 0 radical (unpaired) electrons. The molecule has 0 fully saturated rings. The van der Waals surface area contributed by atoms with E-state index in [2.05, 4.69) is 30.1 Å². The lowest BCUT2D eigenvalue weighted by atomic mass is 10.1. The smallest absolute Gasteiger partial charge is 0.278 e. The van der Waals surface area contributed by atoms with E-state index in [4.69, 9.17) is 4.99 Å². The minimum Gasteiger partial charge on any atom is -0.362 e. The highest BCUT2D eigenvalue weighted by atomic mass is 16.2. The molecule has 1 aliphatic rings. The quantitative estimate of drug-likeness (QED) is 0.612. The fraction of sp³-hybridized carbons (Fsp3) is 0.154. The fourth-order valence-electron chi connectivity index (χ4n) is 3.45. The lowest BCUT2D eigenvalue weighted by molar-refractivity contribution is -0.119. The fourth-order valence-corrected chi connectivity index (χ4v) is 3.45. The number of carbonyl (C=O) groups is 1. The summed E-state index contributed by atoms with van der Waals surface area (Å²) >= 11 is 0. The van der Waals surface area contributed by atoms with Crippen LogP contribution in [0.1, 0.15) is 28.1 Å². The molecule has 1 N–H and O–H groups in total. The number of benzene rings is 2. The van der Waals surface area contributed by atoms with E-state index in [1.54, 1.807) is 4.90 Å². The third-order valence-electron chi connectivity index (χ3n) is 5.23. The number of aromatic nitrogens is 1. The number of carbonyl (C=O) groups excluding carboxylic acids is 1. The van der Waals surface area contributed by atoms with Crippen molar-refractivity contribution in [2.75, 3.05) is 0 Å². The van der Waals surface area contributed by atoms with Crippen LogP contribution in [0.25, 0.3) is 6.08 Å². The normalized spacial score (nSPS) is 15.4. The first kappa shape index (κ1) is 19.6. The van der Waals surface area contributed by atoms with Crippen LogP contribution in [0.15, 0.2) is 89.8 Å². The van der Waals surface area contributed by atoms with Gasteiger partial charge in [-0.15, -0.1) is 0 Å². The molecule has 0 unspecified atom stereocenters. The zero-order valence-corrected chi connectivity index (χ0v) is 17.3. The van der Waals surface area contributed by atoms with Crippen molar-refractivity contribution in [3.63, 3.8) is 0 Å². The molecule has 0 atom stereocenters. The molecule has 0 saturated carbocycles. The molecule has 4 rings (SSSR count). The predicted octanol–water partition coefficient (Wildman–Crippen LogP) is 5.21. The van der Waals surface area contributed by atoms with Crippen molar-refractivity contribution < 1.29 is 4.79 Å². The second-order valence-electron chi connectivity index (χ2n) is 7.49. The van der Waals surface area contributed by atoms with E-state index in [9.17, 15) is 4.79 Å². The van der Waals surface area contributed by atoms with Crippen LogP contribution < -0.4 is 0 Å². The zero-order valence-electron chi connectivity index (χ0n) is 17.3. The number of H-pyrrole nitrogens is 1. The number of aliphatic imine (C=N–C) groups is 1. The third kappa shape index (κ3) is 4.49. The van der Waals surface area contributed by atoms with Gasteiger partial charge in [-0.1, -0.05) is 60.7 Å². The van der Waals surface area contributed by atoms with Gasteiger partial charge in [0.15, 0.2) is 0 Å². The Balaban J connectivity index is 1.61. The SMILES string of the molecule is Cc1cc(CC2=N/C(=C\Cc3ccccc3)N(/C=C/c3ccccc3)C2=O)[nH]c1C. The minimum absolute atomic E-state index is 0.0774. The molecule has 4 heteroatoms. The molecule has 2 aromatic carbocycles. The Labute approximate surface area is 177 Å². The number of allylic oxidation sites excluding steroid dienone is 1. The summed E-state index contributed by atoms with van der Waals surface area (Å²) in [5.41, 5.74) is 6.09. The molecule has 30 heavy (non-hydrogen) atoms. The minimum atomic E-state index is -0.0774. The summed E-state index contributed by atoms with van der Waals surface area (Å²) in [6, 6.07) is 22.2. The van der Waals surface area contributed by atoms with E-state index >= 15 is 0 Å². The maximum absolute atomic E-state index is 13.1. The van der Waals surface area contributed by atoms with Crippen LogP contribution in [0.2, 0.25) is 0 Å². The number of nitrogens with one attached hydrogen (secondary N) is 1. The van der Waals surface area contributed by atoms with Crippen molar-refractivity contribution >= 4 is 17.7 Å². The van der Waals surface area contributed by atoms with Crippen LogP contribution in [0.4, 0.5) is 0 Å². The van der Waals surface area contributed by atoms with Crippen LogP contribution in [-0.2, 0) is 17.6 Å². The Morgan fingerprint density at radius 2 is 1.70 bits per heavy atom. The van der Waals surface area contributed by atoms with Crippen molar-refractivity contribution in [2.45, 2.75) is 26.7 Å². The molecule has 1 amide bonds. The molecule has 0 spiro atoms. The van der Waals surface area contributed by atoms with Gasteiger partial charge in [0, 0.05) is 24.0 Å². The molecule has 2 heterocycles. The number of nitrogens with zero attached hydrogens (tertiary/aromatic N) is 2. The Bertz CT molecular complexity index is 1100. The summed E-state index contributed by atoms with van der Waals surface area (Å²) in [6.45, 7) is 4.10. The first-order chi connectivity index (χ1) is 14.6. The molecule has 0 aliphatic carbocycles. The van der Waals surface area contributed by atoms with Crippen LogP contribution in [0, 0.1) is 13.8 Å². The van der Waals surface area contributed by atoms with Gasteiger partial charge in [0.25, 0.3) is 5.91 Å². The van der Waals surface area contributed by atoms with Crippen LogP contribution in [0.5, 0.6) is 0 Å². The van der Waals surface area contributed by atoms with Gasteiger partial charge in [0.2, 0.25) is 0 Å². The summed E-state index contributed by atoms with van der Waals surface area (Å²) in [5.74, 6) is 0.595. The maximum atomic E-state index is 13.1. The van der Waals surface area contributed by atoms with Crippen molar-refractivity contribution in [2.24, 2.45) is 4.99 Å². The standard InChI is InChI=1S/C26H25N3O/c1-19-17-23(27-20(19)2)18-24-26(30)29(16-15-22-11-7-4-8-12-22)25(28-24)14-13-21-9-5-3-6-10-21/h3-12,14-17,27H,13,18H2,1-2H3/b16-15+,25-14+. The highest BCUT2D eigenvalue weighted by Crippen LogP contribution is 2.21. The van der Waals surface area contributed by atoms with Crippen molar-refractivity contribution in [3.8, 4) is 0 Å². The Morgan fingerprint density at radius 1 is 1.00 bits per heavy atom. The van der Waals surface area contributed by atoms with Gasteiger partial charge < -0.3 is 4.98 Å². The molecule has 1 aromatic heterocycles. The maximum Gasteiger partial charge on any atom is 0.278 e. The largest absolute Gasteiger partial charge is 0.362 e. The highest BCUT2D eigenvalue weighted by Gasteiger charge is 2.28. The average Bonchev–Trinajstić information content (AvgIpc) is 3.24. The van der Waals surface area contributed by atoms with E-state index in [1.165, 1.54) is 11.1 Å².